The van der Waals surface area contributed by atoms with Gasteiger partial charge in [0, 0.05) is 47.9 Å². The van der Waals surface area contributed by atoms with Crippen molar-refractivity contribution in [2.24, 2.45) is 11.8 Å². The molecule has 0 bridgehead atoms. The van der Waals surface area contributed by atoms with Crippen molar-refractivity contribution in [3.63, 3.8) is 0 Å². The molecule has 8 nitrogen and oxygen atoms in total. The number of aromatic nitrogens is 5. The Labute approximate surface area is 176 Å². The van der Waals surface area contributed by atoms with Crippen LogP contribution < -0.4 is 10.6 Å². The highest BCUT2D eigenvalue weighted by Crippen LogP contribution is 2.35. The summed E-state index contributed by atoms with van der Waals surface area (Å²) in [6.45, 7) is 2.10. The molecule has 3 N–H and O–H groups in total. The van der Waals surface area contributed by atoms with Crippen LogP contribution in [0, 0.1) is 11.8 Å². The number of carbonyl (C=O) groups is 1. The summed E-state index contributed by atoms with van der Waals surface area (Å²) in [7, 11) is 0. The van der Waals surface area contributed by atoms with E-state index in [0.29, 0.717) is 11.8 Å². The van der Waals surface area contributed by atoms with Crippen molar-refractivity contribution in [3.8, 4) is 22.3 Å². The van der Waals surface area contributed by atoms with Crippen LogP contribution in [0.2, 0.25) is 0 Å². The molecule has 3 unspecified atom stereocenters. The van der Waals surface area contributed by atoms with Crippen LogP contribution >= 0.6 is 11.3 Å². The van der Waals surface area contributed by atoms with E-state index < -0.39 is 0 Å². The van der Waals surface area contributed by atoms with Gasteiger partial charge in [-0.05, 0) is 48.2 Å². The summed E-state index contributed by atoms with van der Waals surface area (Å²) in [6.07, 6.45) is 11.4. The second-order valence-electron chi connectivity index (χ2n) is 8.10. The molecular formula is C21H21N7OS. The largest absolute Gasteiger partial charge is 0.348 e. The number of fused-ring (bicyclic) bond motifs is 2. The van der Waals surface area contributed by atoms with Gasteiger partial charge in [-0.3, -0.25) is 9.89 Å². The lowest BCUT2D eigenvalue weighted by Crippen LogP contribution is -2.39. The molecule has 1 aliphatic carbocycles. The highest BCUT2D eigenvalue weighted by atomic mass is 32.1. The Morgan fingerprint density at radius 2 is 2.13 bits per heavy atom. The molecule has 2 fully saturated rings. The van der Waals surface area contributed by atoms with E-state index in [1.807, 2.05) is 30.0 Å². The van der Waals surface area contributed by atoms with E-state index in [4.69, 9.17) is 0 Å². The Hall–Kier alpha value is -3.04. The fraction of sp³-hybridized carbons (Fsp3) is 0.333. The van der Waals surface area contributed by atoms with Crippen LogP contribution in [0.1, 0.15) is 22.5 Å². The van der Waals surface area contributed by atoms with Crippen molar-refractivity contribution in [3.05, 3.63) is 47.3 Å². The molecule has 1 saturated carbocycles. The molecule has 0 aromatic carbocycles. The minimum Gasteiger partial charge on any atom is -0.348 e. The average Bonchev–Trinajstić information content (AvgIpc) is 3.57. The van der Waals surface area contributed by atoms with Gasteiger partial charge in [0.15, 0.2) is 5.65 Å². The van der Waals surface area contributed by atoms with Gasteiger partial charge in [-0.1, -0.05) is 0 Å². The monoisotopic (exact) mass is 419 g/mol. The SMILES string of the molecule is O=C(NC1CCC2CNCC21)c1cc(-c2cnn3cc(-c4cn[nH]c4)cnc23)cs1. The number of thiophene rings is 1. The van der Waals surface area contributed by atoms with Crippen LogP contribution in [0.4, 0.5) is 0 Å². The van der Waals surface area contributed by atoms with Gasteiger partial charge in [-0.2, -0.15) is 10.2 Å². The Morgan fingerprint density at radius 3 is 3.03 bits per heavy atom. The summed E-state index contributed by atoms with van der Waals surface area (Å²) in [5.41, 5.74) is 4.55. The van der Waals surface area contributed by atoms with Crippen LogP contribution in [0.3, 0.4) is 0 Å². The molecule has 0 radical (unpaired) electrons. The van der Waals surface area contributed by atoms with Gasteiger partial charge in [0.1, 0.15) is 0 Å². The maximum absolute atomic E-state index is 12.8. The van der Waals surface area contributed by atoms with Gasteiger partial charge in [-0.25, -0.2) is 9.50 Å². The molecule has 3 atom stereocenters. The number of H-pyrrole nitrogens is 1. The van der Waals surface area contributed by atoms with Crippen LogP contribution in [0.25, 0.3) is 27.9 Å². The standard InChI is InChI=1S/C21H21N7OS/c29-21(27-18-2-1-12-4-22-8-16(12)18)19-3-13(11-30-19)17-9-26-28-10-15(5-23-20(17)28)14-6-24-25-7-14/h3,5-7,9-12,16,18,22H,1-2,4,8H2,(H,24,25)(H,27,29). The summed E-state index contributed by atoms with van der Waals surface area (Å²) in [6, 6.07) is 2.23. The maximum Gasteiger partial charge on any atom is 0.261 e. The molecule has 4 aromatic heterocycles. The minimum atomic E-state index is 0.0236. The molecule has 1 saturated heterocycles. The third-order valence-electron chi connectivity index (χ3n) is 6.40. The summed E-state index contributed by atoms with van der Waals surface area (Å²) < 4.78 is 1.76. The van der Waals surface area contributed by atoms with Crippen LogP contribution in [-0.2, 0) is 0 Å². The smallest absolute Gasteiger partial charge is 0.261 e. The maximum atomic E-state index is 12.8. The number of carbonyl (C=O) groups excluding carboxylic acids is 1. The second-order valence-corrected chi connectivity index (χ2v) is 9.01. The lowest BCUT2D eigenvalue weighted by molar-refractivity contribution is 0.0932. The molecule has 2 aliphatic rings. The number of amides is 1. The van der Waals surface area contributed by atoms with Crippen molar-refractivity contribution < 1.29 is 4.79 Å². The highest BCUT2D eigenvalue weighted by molar-refractivity contribution is 7.12. The van der Waals surface area contributed by atoms with Gasteiger partial charge in [0.25, 0.3) is 5.91 Å². The Balaban J connectivity index is 1.24. The molecule has 0 spiro atoms. The fourth-order valence-electron chi connectivity index (χ4n) is 4.80. The Morgan fingerprint density at radius 1 is 1.17 bits per heavy atom. The predicted octanol–water partition coefficient (Wildman–Crippen LogP) is 2.58. The van der Waals surface area contributed by atoms with E-state index in [1.54, 1.807) is 16.9 Å². The van der Waals surface area contributed by atoms with Gasteiger partial charge >= 0.3 is 0 Å². The Bertz CT molecular complexity index is 1210. The molecule has 1 amide bonds. The highest BCUT2D eigenvalue weighted by Gasteiger charge is 2.39. The zero-order valence-electron chi connectivity index (χ0n) is 16.2. The molecule has 30 heavy (non-hydrogen) atoms. The molecule has 5 heterocycles. The van der Waals surface area contributed by atoms with Crippen molar-refractivity contribution in [2.45, 2.75) is 18.9 Å². The van der Waals surface area contributed by atoms with Gasteiger partial charge in [-0.15, -0.1) is 11.3 Å². The number of hydrogen-bond donors (Lipinski definition) is 3. The fourth-order valence-corrected chi connectivity index (χ4v) is 5.61. The van der Waals surface area contributed by atoms with Crippen LogP contribution in [0.5, 0.6) is 0 Å². The van der Waals surface area contributed by atoms with E-state index in [-0.39, 0.29) is 11.9 Å². The van der Waals surface area contributed by atoms with Crippen LogP contribution in [-0.4, -0.2) is 49.8 Å². The molecule has 9 heteroatoms. The summed E-state index contributed by atoms with van der Waals surface area (Å²) in [5, 5.41) is 20.0. The zero-order chi connectivity index (χ0) is 20.1. The van der Waals surface area contributed by atoms with E-state index in [9.17, 15) is 4.79 Å². The van der Waals surface area contributed by atoms with Crippen molar-refractivity contribution in [1.82, 2.24) is 35.4 Å². The van der Waals surface area contributed by atoms with E-state index in [1.165, 1.54) is 17.8 Å². The number of nitrogens with zero attached hydrogens (tertiary/aromatic N) is 4. The lowest BCUT2D eigenvalue weighted by Gasteiger charge is -2.18. The normalized spacial score (nSPS) is 23.1. The van der Waals surface area contributed by atoms with Crippen LogP contribution in [0.15, 0.2) is 42.4 Å². The van der Waals surface area contributed by atoms with Gasteiger partial charge in [0.05, 0.1) is 17.3 Å². The third kappa shape index (κ3) is 2.93. The van der Waals surface area contributed by atoms with Gasteiger partial charge < -0.3 is 10.6 Å². The van der Waals surface area contributed by atoms with Gasteiger partial charge in [0.2, 0.25) is 0 Å². The molecule has 4 aromatic rings. The summed E-state index contributed by atoms with van der Waals surface area (Å²) >= 11 is 1.47. The number of aromatic amines is 1. The van der Waals surface area contributed by atoms with E-state index in [0.717, 1.165) is 52.3 Å². The topological polar surface area (TPSA) is 100 Å². The molecule has 1 aliphatic heterocycles. The second kappa shape index (κ2) is 7.03. The van der Waals surface area contributed by atoms with E-state index in [2.05, 4.69) is 30.9 Å². The van der Waals surface area contributed by atoms with Crippen molar-refractivity contribution >= 4 is 22.9 Å². The lowest BCUT2D eigenvalue weighted by atomic mass is 9.98. The summed E-state index contributed by atoms with van der Waals surface area (Å²) in [5.74, 6) is 1.31. The molecule has 6 rings (SSSR count). The number of hydrogen-bond acceptors (Lipinski definition) is 6. The first-order valence-electron chi connectivity index (χ1n) is 10.2. The zero-order valence-corrected chi connectivity index (χ0v) is 17.0. The Kier molecular flexibility index (Phi) is 4.17. The third-order valence-corrected chi connectivity index (χ3v) is 7.33. The summed E-state index contributed by atoms with van der Waals surface area (Å²) in [4.78, 5) is 18.2. The first-order valence-corrected chi connectivity index (χ1v) is 11.1. The first kappa shape index (κ1) is 17.8. The van der Waals surface area contributed by atoms with E-state index >= 15 is 0 Å². The van der Waals surface area contributed by atoms with Crippen molar-refractivity contribution in [2.75, 3.05) is 13.1 Å². The quantitative estimate of drug-likeness (QED) is 0.472. The molecule has 152 valence electrons. The predicted molar refractivity (Wildman–Crippen MR) is 114 cm³/mol. The van der Waals surface area contributed by atoms with Crippen molar-refractivity contribution in [1.29, 1.82) is 0 Å². The minimum absolute atomic E-state index is 0.0236. The first-order chi connectivity index (χ1) is 14.8. The average molecular weight is 420 g/mol. The number of nitrogens with one attached hydrogen (secondary N) is 3. The molecular weight excluding hydrogens is 398 g/mol. The number of rotatable bonds is 4.